The van der Waals surface area contributed by atoms with Gasteiger partial charge in [0.25, 0.3) is 0 Å². The van der Waals surface area contributed by atoms with E-state index < -0.39 is 0 Å². The summed E-state index contributed by atoms with van der Waals surface area (Å²) in [4.78, 5) is 23.7. The van der Waals surface area contributed by atoms with E-state index in [1.807, 2.05) is 36.4 Å². The van der Waals surface area contributed by atoms with Crippen molar-refractivity contribution in [2.24, 2.45) is 5.92 Å². The number of fused-ring (bicyclic) bond motifs is 1. The zero-order valence-electron chi connectivity index (χ0n) is 15.2. The Morgan fingerprint density at radius 3 is 2.89 bits per heavy atom. The van der Waals surface area contributed by atoms with Crippen molar-refractivity contribution < 1.29 is 9.53 Å². The summed E-state index contributed by atoms with van der Waals surface area (Å²) in [6.45, 7) is 2.18. The number of thiazole rings is 1. The van der Waals surface area contributed by atoms with Crippen molar-refractivity contribution in [3.63, 3.8) is 0 Å². The number of anilines is 1. The van der Waals surface area contributed by atoms with Crippen LogP contribution < -0.4 is 15.0 Å². The normalized spacial score (nSPS) is 15.1. The largest absolute Gasteiger partial charge is 0.497 e. The molecule has 140 valence electrons. The Labute approximate surface area is 162 Å². The average molecular weight is 382 g/mol. The Hall–Kier alpha value is -2.67. The highest BCUT2D eigenvalue weighted by molar-refractivity contribution is 7.22. The van der Waals surface area contributed by atoms with Crippen LogP contribution in [0.2, 0.25) is 0 Å². The van der Waals surface area contributed by atoms with Gasteiger partial charge in [-0.25, -0.2) is 4.98 Å². The number of ether oxygens (including phenoxy) is 1. The van der Waals surface area contributed by atoms with Crippen molar-refractivity contribution in [2.45, 2.75) is 19.4 Å². The first kappa shape index (κ1) is 17.7. The van der Waals surface area contributed by atoms with Crippen LogP contribution in [-0.2, 0) is 11.3 Å². The molecule has 3 aromatic rings. The van der Waals surface area contributed by atoms with Gasteiger partial charge in [0.15, 0.2) is 5.13 Å². The Balaban J connectivity index is 1.33. The van der Waals surface area contributed by atoms with Gasteiger partial charge < -0.3 is 15.0 Å². The lowest BCUT2D eigenvalue weighted by molar-refractivity contribution is -0.125. The highest BCUT2D eigenvalue weighted by Gasteiger charge is 2.26. The third kappa shape index (κ3) is 4.03. The fraction of sp³-hybridized carbons (Fsp3) is 0.350. The molecule has 1 saturated heterocycles. The summed E-state index contributed by atoms with van der Waals surface area (Å²) in [7, 11) is 1.67. The van der Waals surface area contributed by atoms with E-state index in [2.05, 4.69) is 15.2 Å². The number of nitrogens with one attached hydrogen (secondary N) is 1. The van der Waals surface area contributed by atoms with E-state index in [1.165, 1.54) is 0 Å². The van der Waals surface area contributed by atoms with E-state index in [1.54, 1.807) is 24.6 Å². The highest BCUT2D eigenvalue weighted by Crippen LogP contribution is 2.33. The molecule has 0 bridgehead atoms. The third-order valence-corrected chi connectivity index (χ3v) is 5.97. The maximum absolute atomic E-state index is 12.4. The maximum atomic E-state index is 12.4. The molecular weight excluding hydrogens is 360 g/mol. The number of benzene rings is 1. The second-order valence-corrected chi connectivity index (χ2v) is 7.64. The van der Waals surface area contributed by atoms with Crippen molar-refractivity contribution in [1.29, 1.82) is 0 Å². The molecule has 4 rings (SSSR count). The first-order valence-corrected chi connectivity index (χ1v) is 9.92. The zero-order chi connectivity index (χ0) is 18.6. The molecule has 0 aliphatic carbocycles. The molecule has 1 N–H and O–H groups in total. The second kappa shape index (κ2) is 7.92. The topological polar surface area (TPSA) is 67.3 Å². The molecule has 0 radical (unpaired) electrons. The molecule has 1 aliphatic rings. The van der Waals surface area contributed by atoms with Gasteiger partial charge in [0, 0.05) is 25.2 Å². The van der Waals surface area contributed by atoms with Crippen molar-refractivity contribution in [3.8, 4) is 5.75 Å². The molecular formula is C20H22N4O2S. The number of hydrogen-bond acceptors (Lipinski definition) is 6. The number of carbonyl (C=O) groups excluding carboxylic acids is 1. The molecule has 1 fully saturated rings. The number of methoxy groups -OCH3 is 1. The number of pyridine rings is 1. The molecule has 0 saturated carbocycles. The predicted octanol–water partition coefficient (Wildman–Crippen LogP) is 3.23. The van der Waals surface area contributed by atoms with Crippen molar-refractivity contribution in [1.82, 2.24) is 15.3 Å². The number of amides is 1. The zero-order valence-corrected chi connectivity index (χ0v) is 16.0. The lowest BCUT2D eigenvalue weighted by atomic mass is 9.96. The van der Waals surface area contributed by atoms with Crippen LogP contribution in [0.15, 0.2) is 42.6 Å². The number of rotatable bonds is 5. The van der Waals surface area contributed by atoms with Crippen molar-refractivity contribution >= 4 is 32.6 Å². The molecule has 7 heteroatoms. The van der Waals surface area contributed by atoms with Gasteiger partial charge in [-0.05, 0) is 43.2 Å². The second-order valence-electron chi connectivity index (χ2n) is 6.63. The Bertz CT molecular complexity index is 920. The van der Waals surface area contributed by atoms with Crippen molar-refractivity contribution in [2.75, 3.05) is 25.1 Å². The molecule has 1 aliphatic heterocycles. The van der Waals surface area contributed by atoms with E-state index in [0.29, 0.717) is 6.54 Å². The minimum Gasteiger partial charge on any atom is -0.497 e. The fourth-order valence-electron chi connectivity index (χ4n) is 3.31. The number of carbonyl (C=O) groups is 1. The molecule has 1 amide bonds. The summed E-state index contributed by atoms with van der Waals surface area (Å²) in [6.07, 6.45) is 3.42. The number of hydrogen-bond donors (Lipinski definition) is 1. The molecule has 2 aromatic heterocycles. The van der Waals surface area contributed by atoms with Crippen LogP contribution in [0.5, 0.6) is 5.75 Å². The van der Waals surface area contributed by atoms with Gasteiger partial charge in [-0.15, -0.1) is 0 Å². The van der Waals surface area contributed by atoms with Gasteiger partial charge >= 0.3 is 0 Å². The lowest BCUT2D eigenvalue weighted by Gasteiger charge is -2.31. The minimum atomic E-state index is 0.0550. The van der Waals surface area contributed by atoms with Crippen LogP contribution in [0.1, 0.15) is 18.5 Å². The van der Waals surface area contributed by atoms with Crippen LogP contribution in [0.3, 0.4) is 0 Å². The minimum absolute atomic E-state index is 0.0550. The molecule has 27 heavy (non-hydrogen) atoms. The van der Waals surface area contributed by atoms with E-state index in [-0.39, 0.29) is 11.8 Å². The summed E-state index contributed by atoms with van der Waals surface area (Å²) in [5.41, 5.74) is 1.87. The number of nitrogens with zero attached hydrogens (tertiary/aromatic N) is 3. The van der Waals surface area contributed by atoms with Crippen LogP contribution in [0, 0.1) is 5.92 Å². The van der Waals surface area contributed by atoms with E-state index >= 15 is 0 Å². The first-order chi connectivity index (χ1) is 13.2. The van der Waals surface area contributed by atoms with Gasteiger partial charge in [0.05, 0.1) is 29.6 Å². The molecule has 3 heterocycles. The van der Waals surface area contributed by atoms with E-state index in [4.69, 9.17) is 9.72 Å². The summed E-state index contributed by atoms with van der Waals surface area (Å²) in [5, 5.41) is 4.03. The van der Waals surface area contributed by atoms with Crippen LogP contribution in [-0.4, -0.2) is 36.1 Å². The fourth-order valence-corrected chi connectivity index (χ4v) is 4.36. The van der Waals surface area contributed by atoms with Crippen molar-refractivity contribution in [3.05, 3.63) is 48.3 Å². The summed E-state index contributed by atoms with van der Waals surface area (Å²) in [5.74, 6) is 1.02. The van der Waals surface area contributed by atoms with Gasteiger partial charge in [-0.1, -0.05) is 17.4 Å². The Morgan fingerprint density at radius 2 is 2.15 bits per heavy atom. The molecule has 0 atom stereocenters. The Morgan fingerprint density at radius 1 is 1.30 bits per heavy atom. The monoisotopic (exact) mass is 382 g/mol. The molecule has 1 aromatic carbocycles. The van der Waals surface area contributed by atoms with Gasteiger partial charge in [0.1, 0.15) is 5.75 Å². The van der Waals surface area contributed by atoms with Gasteiger partial charge in [0.2, 0.25) is 5.91 Å². The number of aromatic nitrogens is 2. The van der Waals surface area contributed by atoms with Crippen LogP contribution >= 0.6 is 11.3 Å². The number of piperidine rings is 1. The summed E-state index contributed by atoms with van der Waals surface area (Å²) in [6, 6.07) is 11.7. The summed E-state index contributed by atoms with van der Waals surface area (Å²) < 4.78 is 6.41. The molecule has 6 nitrogen and oxygen atoms in total. The quantitative estimate of drug-likeness (QED) is 0.734. The smallest absolute Gasteiger partial charge is 0.223 e. The predicted molar refractivity (Wildman–Crippen MR) is 107 cm³/mol. The summed E-state index contributed by atoms with van der Waals surface area (Å²) >= 11 is 1.68. The highest BCUT2D eigenvalue weighted by atomic mass is 32.1. The standard InChI is InChI=1S/C20H22N4O2S/c1-26-16-5-6-17-18(12-16)27-20(23-17)24-10-7-14(8-11-24)19(25)22-13-15-4-2-3-9-21-15/h2-6,9,12,14H,7-8,10-11,13H2,1H3,(H,22,25). The molecule has 0 spiro atoms. The lowest BCUT2D eigenvalue weighted by Crippen LogP contribution is -2.40. The first-order valence-electron chi connectivity index (χ1n) is 9.10. The van der Waals surface area contributed by atoms with Crippen LogP contribution in [0.4, 0.5) is 5.13 Å². The Kier molecular flexibility index (Phi) is 5.20. The van der Waals surface area contributed by atoms with Crippen LogP contribution in [0.25, 0.3) is 10.2 Å². The maximum Gasteiger partial charge on any atom is 0.223 e. The van der Waals surface area contributed by atoms with E-state index in [9.17, 15) is 4.79 Å². The van der Waals surface area contributed by atoms with Gasteiger partial charge in [-0.2, -0.15) is 0 Å². The van der Waals surface area contributed by atoms with Gasteiger partial charge in [-0.3, -0.25) is 9.78 Å². The SMILES string of the molecule is COc1ccc2nc(N3CCC(C(=O)NCc4ccccn4)CC3)sc2c1. The third-order valence-electron chi connectivity index (χ3n) is 4.89. The van der Waals surface area contributed by atoms with E-state index in [0.717, 1.165) is 52.7 Å². The average Bonchev–Trinajstić information content (AvgIpc) is 3.16. The molecule has 0 unspecified atom stereocenters.